The molecule has 0 unspecified atom stereocenters. The third-order valence-electron chi connectivity index (χ3n) is 2.17. The summed E-state index contributed by atoms with van der Waals surface area (Å²) < 4.78 is 13.6. The Balaban J connectivity index is 3.05. The minimum Gasteiger partial charge on any atom is -0.466 e. The molecule has 0 radical (unpaired) electrons. The largest absolute Gasteiger partial charge is 0.466 e. The Morgan fingerprint density at radius 1 is 1.15 bits per heavy atom. The molecule has 20 heavy (non-hydrogen) atoms. The highest BCUT2D eigenvalue weighted by atomic mass is 32.1. The van der Waals surface area contributed by atoms with Gasteiger partial charge in [0, 0.05) is 0 Å². The van der Waals surface area contributed by atoms with Crippen molar-refractivity contribution in [1.29, 1.82) is 0 Å². The molecule has 1 N–H and O–H groups in total. The van der Waals surface area contributed by atoms with Crippen LogP contribution in [0.25, 0.3) is 0 Å². The molecule has 0 aliphatic carbocycles. The average Bonchev–Trinajstić information content (AvgIpc) is 2.92. The second-order valence-corrected chi connectivity index (χ2v) is 4.27. The van der Waals surface area contributed by atoms with E-state index in [4.69, 9.17) is 0 Å². The molecule has 1 rings (SSSR count). The molecule has 0 saturated heterocycles. The van der Waals surface area contributed by atoms with Gasteiger partial charge in [-0.1, -0.05) is 0 Å². The van der Waals surface area contributed by atoms with Gasteiger partial charge in [-0.2, -0.15) is 0 Å². The van der Waals surface area contributed by atoms with Gasteiger partial charge in [0.2, 0.25) is 0 Å². The highest BCUT2D eigenvalue weighted by Gasteiger charge is 2.18. The van der Waals surface area contributed by atoms with Crippen LogP contribution in [0.1, 0.15) is 9.67 Å². The molecule has 1 heterocycles. The normalized spacial score (nSPS) is 10.7. The quantitative estimate of drug-likeness (QED) is 0.496. The number of esters is 3. The fraction of sp³-hybridized carbons (Fsp3) is 0.250. The molecular weight excluding hydrogens is 286 g/mol. The number of rotatable bonds is 5. The summed E-state index contributed by atoms with van der Waals surface area (Å²) in [6, 6.07) is 1.57. The molecule has 0 atom stereocenters. The van der Waals surface area contributed by atoms with E-state index in [1.54, 1.807) is 11.4 Å². The fourth-order valence-electron chi connectivity index (χ4n) is 1.24. The maximum Gasteiger partial charge on any atom is 0.354 e. The van der Waals surface area contributed by atoms with Crippen molar-refractivity contribution in [1.82, 2.24) is 0 Å². The lowest BCUT2D eigenvalue weighted by Crippen LogP contribution is -2.16. The third kappa shape index (κ3) is 3.82. The van der Waals surface area contributed by atoms with E-state index in [2.05, 4.69) is 19.5 Å². The monoisotopic (exact) mass is 299 g/mol. The van der Waals surface area contributed by atoms with Crippen LogP contribution in [-0.2, 0) is 23.8 Å². The first kappa shape index (κ1) is 15.7. The van der Waals surface area contributed by atoms with Crippen LogP contribution in [0.5, 0.6) is 0 Å². The first-order valence-corrected chi connectivity index (χ1v) is 6.22. The predicted octanol–water partition coefficient (Wildman–Crippen LogP) is 1.18. The average molecular weight is 299 g/mol. The van der Waals surface area contributed by atoms with Crippen LogP contribution in [0.3, 0.4) is 0 Å². The Kier molecular flexibility index (Phi) is 5.73. The first-order chi connectivity index (χ1) is 9.53. The van der Waals surface area contributed by atoms with Crippen LogP contribution in [0.15, 0.2) is 23.2 Å². The van der Waals surface area contributed by atoms with Crippen molar-refractivity contribution in [3.05, 3.63) is 28.1 Å². The van der Waals surface area contributed by atoms with E-state index in [1.807, 2.05) is 0 Å². The summed E-state index contributed by atoms with van der Waals surface area (Å²) in [6.45, 7) is 0. The third-order valence-corrected chi connectivity index (χ3v) is 3.07. The highest BCUT2D eigenvalue weighted by molar-refractivity contribution is 7.12. The van der Waals surface area contributed by atoms with Crippen LogP contribution >= 0.6 is 11.3 Å². The van der Waals surface area contributed by atoms with Crippen molar-refractivity contribution in [3.8, 4) is 0 Å². The van der Waals surface area contributed by atoms with Crippen LogP contribution < -0.4 is 5.32 Å². The van der Waals surface area contributed by atoms with Gasteiger partial charge in [-0.15, -0.1) is 11.3 Å². The number of methoxy groups -OCH3 is 3. The number of thiophene rings is 1. The number of hydrogen-bond acceptors (Lipinski definition) is 8. The maximum atomic E-state index is 11.6. The van der Waals surface area contributed by atoms with Crippen molar-refractivity contribution >= 4 is 34.9 Å². The number of carbonyl (C=O) groups is 3. The van der Waals surface area contributed by atoms with E-state index in [1.165, 1.54) is 21.3 Å². The molecule has 0 saturated carbocycles. The van der Waals surface area contributed by atoms with Crippen molar-refractivity contribution in [2.24, 2.45) is 0 Å². The Bertz CT molecular complexity index is 548. The minimum atomic E-state index is -0.766. The summed E-state index contributed by atoms with van der Waals surface area (Å²) in [5.74, 6) is -2.05. The molecule has 0 aliphatic rings. The lowest BCUT2D eigenvalue weighted by Gasteiger charge is -2.08. The molecular formula is C12H13NO6S. The molecule has 0 fully saturated rings. The second-order valence-electron chi connectivity index (χ2n) is 3.35. The smallest absolute Gasteiger partial charge is 0.354 e. The van der Waals surface area contributed by atoms with Gasteiger partial charge in [0.05, 0.1) is 33.1 Å². The van der Waals surface area contributed by atoms with Gasteiger partial charge in [0.15, 0.2) is 0 Å². The van der Waals surface area contributed by atoms with E-state index < -0.39 is 17.9 Å². The first-order valence-electron chi connectivity index (χ1n) is 5.34. The van der Waals surface area contributed by atoms with Crippen LogP contribution in [0.4, 0.5) is 5.69 Å². The lowest BCUT2D eigenvalue weighted by atomic mass is 10.3. The molecule has 0 spiro atoms. The number of carbonyl (C=O) groups excluding carboxylic acids is 3. The fourth-order valence-corrected chi connectivity index (χ4v) is 2.00. The van der Waals surface area contributed by atoms with Crippen LogP contribution in [0.2, 0.25) is 0 Å². The van der Waals surface area contributed by atoms with Crippen LogP contribution in [-0.4, -0.2) is 39.2 Å². The summed E-state index contributed by atoms with van der Waals surface area (Å²) >= 11 is 1.14. The summed E-state index contributed by atoms with van der Waals surface area (Å²) in [6.07, 6.45) is 0.935. The SMILES string of the molecule is COC(=O)/C=C(\Nc1ccsc1C(=O)OC)C(=O)OC. The zero-order valence-electron chi connectivity index (χ0n) is 11.1. The van der Waals surface area contributed by atoms with Crippen molar-refractivity contribution < 1.29 is 28.6 Å². The number of hydrogen-bond donors (Lipinski definition) is 1. The van der Waals surface area contributed by atoms with E-state index >= 15 is 0 Å². The second kappa shape index (κ2) is 7.29. The Morgan fingerprint density at radius 3 is 2.40 bits per heavy atom. The van der Waals surface area contributed by atoms with E-state index in [0.29, 0.717) is 5.69 Å². The highest BCUT2D eigenvalue weighted by Crippen LogP contribution is 2.24. The summed E-state index contributed by atoms with van der Waals surface area (Å²) in [4.78, 5) is 34.6. The summed E-state index contributed by atoms with van der Waals surface area (Å²) in [5.41, 5.74) is 0.185. The van der Waals surface area contributed by atoms with Gasteiger partial charge >= 0.3 is 17.9 Å². The molecule has 8 heteroatoms. The van der Waals surface area contributed by atoms with E-state index in [-0.39, 0.29) is 10.6 Å². The molecule has 108 valence electrons. The molecule has 0 amide bonds. The molecule has 1 aromatic heterocycles. The molecule has 7 nitrogen and oxygen atoms in total. The standard InChI is InChI=1S/C12H13NO6S/c1-17-9(14)6-8(11(15)18-2)13-7-4-5-20-10(7)12(16)19-3/h4-6,13H,1-3H3/b8-6-. The van der Waals surface area contributed by atoms with E-state index in [0.717, 1.165) is 17.4 Å². The van der Waals surface area contributed by atoms with Crippen LogP contribution in [0, 0.1) is 0 Å². The molecule has 0 aliphatic heterocycles. The zero-order valence-corrected chi connectivity index (χ0v) is 11.9. The lowest BCUT2D eigenvalue weighted by molar-refractivity contribution is -0.138. The number of anilines is 1. The van der Waals surface area contributed by atoms with Gasteiger partial charge in [-0.25, -0.2) is 14.4 Å². The molecule has 1 aromatic rings. The van der Waals surface area contributed by atoms with Gasteiger partial charge in [0.25, 0.3) is 0 Å². The maximum absolute atomic E-state index is 11.6. The van der Waals surface area contributed by atoms with Gasteiger partial charge < -0.3 is 19.5 Å². The Morgan fingerprint density at radius 2 is 1.85 bits per heavy atom. The Hall–Kier alpha value is -2.35. The number of ether oxygens (including phenoxy) is 3. The number of nitrogens with one attached hydrogen (secondary N) is 1. The molecule has 0 aromatic carbocycles. The topological polar surface area (TPSA) is 90.9 Å². The van der Waals surface area contributed by atoms with Crippen molar-refractivity contribution in [3.63, 3.8) is 0 Å². The molecule has 0 bridgehead atoms. The van der Waals surface area contributed by atoms with Crippen molar-refractivity contribution in [2.45, 2.75) is 0 Å². The van der Waals surface area contributed by atoms with E-state index in [9.17, 15) is 14.4 Å². The zero-order chi connectivity index (χ0) is 15.1. The Labute approximate surface area is 119 Å². The van der Waals surface area contributed by atoms with Gasteiger partial charge in [-0.05, 0) is 11.4 Å². The van der Waals surface area contributed by atoms with Crippen molar-refractivity contribution in [2.75, 3.05) is 26.6 Å². The summed E-state index contributed by atoms with van der Waals surface area (Å²) in [5, 5.41) is 4.29. The minimum absolute atomic E-state index is 0.150. The van der Waals surface area contributed by atoms with Gasteiger partial charge in [0.1, 0.15) is 10.6 Å². The van der Waals surface area contributed by atoms with Gasteiger partial charge in [-0.3, -0.25) is 0 Å². The predicted molar refractivity (Wildman–Crippen MR) is 71.4 cm³/mol. The summed E-state index contributed by atoms with van der Waals surface area (Å²) in [7, 11) is 3.60.